The van der Waals surface area contributed by atoms with Crippen LogP contribution in [0.4, 0.5) is 10.5 Å². The molecule has 2 heterocycles. The number of anilines is 1. The number of hydrogen-bond acceptors (Lipinski definition) is 5. The lowest BCUT2D eigenvalue weighted by atomic mass is 10.1. The molecule has 1 atom stereocenters. The van der Waals surface area contributed by atoms with Gasteiger partial charge in [0.2, 0.25) is 0 Å². The maximum atomic E-state index is 12.0. The second-order valence-electron chi connectivity index (χ2n) is 4.54. The molecule has 7 nitrogen and oxygen atoms in total. The standard InChI is InChI=1S/C13H12N2O5/c1-19-7-2-3-10-9(4-7)11(16)12(17)15(10)6-8-5-14-13(18)20-8/h2-4,8H,5-6H2,1H3,(H,14,18). The number of carbonyl (C=O) groups is 3. The number of nitrogens with one attached hydrogen (secondary N) is 1. The van der Waals surface area contributed by atoms with Crippen LogP contribution in [-0.2, 0) is 9.53 Å². The van der Waals surface area contributed by atoms with Gasteiger partial charge in [-0.3, -0.25) is 9.59 Å². The summed E-state index contributed by atoms with van der Waals surface area (Å²) in [7, 11) is 1.49. The van der Waals surface area contributed by atoms with E-state index in [1.54, 1.807) is 12.1 Å². The van der Waals surface area contributed by atoms with E-state index in [1.807, 2.05) is 0 Å². The lowest BCUT2D eigenvalue weighted by molar-refractivity contribution is -0.114. The van der Waals surface area contributed by atoms with Crippen LogP contribution in [0, 0.1) is 0 Å². The molecule has 0 aromatic heterocycles. The van der Waals surface area contributed by atoms with E-state index in [0.717, 1.165) is 0 Å². The Morgan fingerprint density at radius 3 is 2.85 bits per heavy atom. The molecule has 0 radical (unpaired) electrons. The molecule has 1 fully saturated rings. The molecule has 0 spiro atoms. The zero-order chi connectivity index (χ0) is 14.3. The maximum Gasteiger partial charge on any atom is 0.407 e. The molecule has 1 aromatic carbocycles. The second-order valence-corrected chi connectivity index (χ2v) is 4.54. The van der Waals surface area contributed by atoms with E-state index in [-0.39, 0.29) is 6.54 Å². The molecule has 0 saturated carbocycles. The number of carbonyl (C=O) groups excluding carboxylic acids is 3. The number of alkyl carbamates (subject to hydrolysis) is 1. The average Bonchev–Trinajstić information content (AvgIpc) is 2.96. The monoisotopic (exact) mass is 276 g/mol. The summed E-state index contributed by atoms with van der Waals surface area (Å²) in [4.78, 5) is 36.3. The topological polar surface area (TPSA) is 84.9 Å². The van der Waals surface area contributed by atoms with Crippen LogP contribution in [0.3, 0.4) is 0 Å². The van der Waals surface area contributed by atoms with Crippen molar-refractivity contribution in [1.29, 1.82) is 0 Å². The SMILES string of the molecule is COc1ccc2c(c1)C(=O)C(=O)N2CC1CNC(=O)O1. The molecule has 1 aromatic rings. The lowest BCUT2D eigenvalue weighted by Gasteiger charge is -2.19. The molecule has 2 aliphatic rings. The molecular weight excluding hydrogens is 264 g/mol. The highest BCUT2D eigenvalue weighted by atomic mass is 16.6. The van der Waals surface area contributed by atoms with Crippen molar-refractivity contribution in [3.8, 4) is 5.75 Å². The van der Waals surface area contributed by atoms with E-state index in [0.29, 0.717) is 23.5 Å². The summed E-state index contributed by atoms with van der Waals surface area (Å²) in [6.07, 6.45) is -0.963. The summed E-state index contributed by atoms with van der Waals surface area (Å²) in [5.74, 6) is -0.673. The fraction of sp³-hybridized carbons (Fsp3) is 0.308. The summed E-state index contributed by atoms with van der Waals surface area (Å²) >= 11 is 0. The van der Waals surface area contributed by atoms with Gasteiger partial charge in [0.15, 0.2) is 0 Å². The van der Waals surface area contributed by atoms with Gasteiger partial charge < -0.3 is 19.7 Å². The predicted octanol–water partition coefficient (Wildman–Crippen LogP) is 0.333. The van der Waals surface area contributed by atoms with Crippen molar-refractivity contribution in [2.24, 2.45) is 0 Å². The summed E-state index contributed by atoms with van der Waals surface area (Å²) in [5, 5.41) is 2.51. The number of benzene rings is 1. The van der Waals surface area contributed by atoms with E-state index in [4.69, 9.17) is 9.47 Å². The molecule has 20 heavy (non-hydrogen) atoms. The van der Waals surface area contributed by atoms with Crippen LogP contribution >= 0.6 is 0 Å². The zero-order valence-electron chi connectivity index (χ0n) is 10.7. The Balaban J connectivity index is 1.88. The number of ether oxygens (including phenoxy) is 2. The molecule has 7 heteroatoms. The number of fused-ring (bicyclic) bond motifs is 1. The number of Topliss-reactive ketones (excluding diaryl/α,β-unsaturated/α-hetero) is 1. The van der Waals surface area contributed by atoms with E-state index >= 15 is 0 Å². The first-order chi connectivity index (χ1) is 9.60. The smallest absolute Gasteiger partial charge is 0.407 e. The molecule has 104 valence electrons. The third-order valence-electron chi connectivity index (χ3n) is 3.31. The van der Waals surface area contributed by atoms with Crippen molar-refractivity contribution in [2.75, 3.05) is 25.1 Å². The van der Waals surface area contributed by atoms with Gasteiger partial charge in [-0.2, -0.15) is 0 Å². The van der Waals surface area contributed by atoms with Crippen LogP contribution in [0.2, 0.25) is 0 Å². The number of nitrogens with zero attached hydrogens (tertiary/aromatic N) is 1. The molecule has 0 aliphatic carbocycles. The van der Waals surface area contributed by atoms with E-state index < -0.39 is 23.9 Å². The second kappa shape index (κ2) is 4.52. The van der Waals surface area contributed by atoms with Gasteiger partial charge in [-0.25, -0.2) is 4.79 Å². The highest BCUT2D eigenvalue weighted by molar-refractivity contribution is 6.52. The van der Waals surface area contributed by atoms with Gasteiger partial charge in [-0.05, 0) is 18.2 Å². The minimum atomic E-state index is -0.615. The first-order valence-electron chi connectivity index (χ1n) is 6.09. The highest BCUT2D eigenvalue weighted by Gasteiger charge is 2.38. The molecule has 2 aliphatic heterocycles. The number of cyclic esters (lactones) is 1. The van der Waals surface area contributed by atoms with Gasteiger partial charge in [-0.1, -0.05) is 0 Å². The summed E-state index contributed by atoms with van der Waals surface area (Å²) in [5.41, 5.74) is 0.829. The Bertz CT molecular complexity index is 613. The summed E-state index contributed by atoms with van der Waals surface area (Å²) in [6.45, 7) is 0.477. The van der Waals surface area contributed by atoms with Crippen LogP contribution in [0.1, 0.15) is 10.4 Å². The van der Waals surface area contributed by atoms with Crippen molar-refractivity contribution in [3.63, 3.8) is 0 Å². The van der Waals surface area contributed by atoms with Crippen molar-refractivity contribution >= 4 is 23.5 Å². The maximum absolute atomic E-state index is 12.0. The third-order valence-corrected chi connectivity index (χ3v) is 3.31. The number of ketones is 1. The van der Waals surface area contributed by atoms with Gasteiger partial charge in [0.05, 0.1) is 31.5 Å². The first kappa shape index (κ1) is 12.5. The van der Waals surface area contributed by atoms with Crippen LogP contribution in [0.25, 0.3) is 0 Å². The molecule has 1 saturated heterocycles. The molecular formula is C13H12N2O5. The Morgan fingerprint density at radius 1 is 1.40 bits per heavy atom. The van der Waals surface area contributed by atoms with Crippen molar-refractivity contribution in [3.05, 3.63) is 23.8 Å². The lowest BCUT2D eigenvalue weighted by Crippen LogP contribution is -2.38. The molecule has 3 rings (SSSR count). The van der Waals surface area contributed by atoms with Gasteiger partial charge in [0, 0.05) is 0 Å². The number of methoxy groups -OCH3 is 1. The van der Waals surface area contributed by atoms with Crippen LogP contribution in [0.5, 0.6) is 5.75 Å². The van der Waals surface area contributed by atoms with Gasteiger partial charge in [0.25, 0.3) is 11.7 Å². The largest absolute Gasteiger partial charge is 0.497 e. The van der Waals surface area contributed by atoms with Crippen LogP contribution in [-0.4, -0.2) is 44.1 Å². The third kappa shape index (κ3) is 1.87. The minimum Gasteiger partial charge on any atom is -0.497 e. The minimum absolute atomic E-state index is 0.155. The fourth-order valence-electron chi connectivity index (χ4n) is 2.33. The van der Waals surface area contributed by atoms with Crippen molar-refractivity contribution < 1.29 is 23.9 Å². The number of hydrogen-bond donors (Lipinski definition) is 1. The fourth-order valence-corrected chi connectivity index (χ4v) is 2.33. The van der Waals surface area contributed by atoms with Crippen molar-refractivity contribution in [1.82, 2.24) is 5.32 Å². The Hall–Kier alpha value is -2.57. The van der Waals surface area contributed by atoms with Crippen LogP contribution < -0.4 is 15.0 Å². The molecule has 1 unspecified atom stereocenters. The normalized spacial score (nSPS) is 20.8. The van der Waals surface area contributed by atoms with Crippen molar-refractivity contribution in [2.45, 2.75) is 6.10 Å². The van der Waals surface area contributed by atoms with Gasteiger partial charge in [-0.15, -0.1) is 0 Å². The van der Waals surface area contributed by atoms with Gasteiger partial charge >= 0.3 is 6.09 Å². The summed E-state index contributed by atoms with van der Waals surface area (Å²) in [6, 6.07) is 4.87. The van der Waals surface area contributed by atoms with Gasteiger partial charge in [0.1, 0.15) is 11.9 Å². The Morgan fingerprint density at radius 2 is 2.20 bits per heavy atom. The molecule has 0 bridgehead atoms. The number of rotatable bonds is 3. The van der Waals surface area contributed by atoms with E-state index in [9.17, 15) is 14.4 Å². The van der Waals surface area contributed by atoms with E-state index in [1.165, 1.54) is 18.1 Å². The Labute approximate surface area is 114 Å². The summed E-state index contributed by atoms with van der Waals surface area (Å²) < 4.78 is 10.0. The predicted molar refractivity (Wildman–Crippen MR) is 67.9 cm³/mol. The number of amides is 2. The van der Waals surface area contributed by atoms with Crippen LogP contribution in [0.15, 0.2) is 18.2 Å². The quantitative estimate of drug-likeness (QED) is 0.804. The zero-order valence-corrected chi connectivity index (χ0v) is 10.7. The molecule has 1 N–H and O–H groups in total. The Kier molecular flexibility index (Phi) is 2.81. The van der Waals surface area contributed by atoms with E-state index in [2.05, 4.69) is 5.32 Å². The highest BCUT2D eigenvalue weighted by Crippen LogP contribution is 2.32. The average molecular weight is 276 g/mol. The molecule has 2 amide bonds. The first-order valence-corrected chi connectivity index (χ1v) is 6.09.